The Hall–Kier alpha value is -1.39. The minimum Gasteiger partial charge on any atom is -0.439 e. The van der Waals surface area contributed by atoms with Crippen molar-refractivity contribution in [3.05, 3.63) is 30.2 Å². The zero-order valence-electron chi connectivity index (χ0n) is 10.6. The second-order valence-electron chi connectivity index (χ2n) is 5.39. The van der Waals surface area contributed by atoms with Gasteiger partial charge in [0, 0.05) is 6.54 Å². The molecule has 3 rings (SSSR count). The summed E-state index contributed by atoms with van der Waals surface area (Å²) < 4.78 is 5.70. The van der Waals surface area contributed by atoms with Crippen LogP contribution in [0.4, 0.5) is 0 Å². The molecule has 1 N–H and O–H groups in total. The molecule has 1 aliphatic heterocycles. The van der Waals surface area contributed by atoms with Crippen molar-refractivity contribution >= 4 is 11.1 Å². The van der Waals surface area contributed by atoms with Gasteiger partial charge >= 0.3 is 0 Å². The molecule has 2 aromatic rings. The Morgan fingerprint density at radius 1 is 1.44 bits per heavy atom. The number of nitrogens with zero attached hydrogens (tertiary/aromatic N) is 2. The molecule has 1 aromatic carbocycles. The first-order valence-electron chi connectivity index (χ1n) is 6.42. The number of hydrogen-bond donors (Lipinski definition) is 1. The van der Waals surface area contributed by atoms with Gasteiger partial charge in [0.05, 0.1) is 12.1 Å². The number of piperidine rings is 1. The van der Waals surface area contributed by atoms with Crippen LogP contribution in [0.25, 0.3) is 11.1 Å². The summed E-state index contributed by atoms with van der Waals surface area (Å²) >= 11 is 0. The third kappa shape index (κ3) is 2.40. The molecule has 4 nitrogen and oxygen atoms in total. The number of β-amino-alcohol motifs (C(OH)–C–C–N with tert-alkyl or cyclic N) is 1. The number of likely N-dealkylation sites (tertiary alicyclic amines) is 1. The van der Waals surface area contributed by atoms with Crippen molar-refractivity contribution in [2.24, 2.45) is 0 Å². The number of hydrogen-bond acceptors (Lipinski definition) is 4. The highest BCUT2D eigenvalue weighted by Crippen LogP contribution is 2.22. The maximum atomic E-state index is 10.1. The van der Waals surface area contributed by atoms with Crippen LogP contribution in [0.3, 0.4) is 0 Å². The predicted octanol–water partition coefficient (Wildman–Crippen LogP) is 2.17. The van der Waals surface area contributed by atoms with Crippen molar-refractivity contribution in [1.82, 2.24) is 9.88 Å². The molecule has 0 bridgehead atoms. The summed E-state index contributed by atoms with van der Waals surface area (Å²) in [4.78, 5) is 6.67. The van der Waals surface area contributed by atoms with E-state index in [9.17, 15) is 5.11 Å². The molecule has 1 aromatic heterocycles. The Morgan fingerprint density at radius 3 is 3.06 bits per heavy atom. The van der Waals surface area contributed by atoms with Crippen molar-refractivity contribution in [2.45, 2.75) is 31.9 Å². The normalized spacial score (nSPS) is 25.7. The van der Waals surface area contributed by atoms with Gasteiger partial charge in [0.25, 0.3) is 0 Å². The zero-order valence-corrected chi connectivity index (χ0v) is 10.6. The Morgan fingerprint density at radius 2 is 2.28 bits per heavy atom. The van der Waals surface area contributed by atoms with Crippen molar-refractivity contribution in [1.29, 1.82) is 0 Å². The topological polar surface area (TPSA) is 49.5 Å². The average molecular weight is 246 g/mol. The summed E-state index contributed by atoms with van der Waals surface area (Å²) in [6.07, 6.45) is 1.89. The van der Waals surface area contributed by atoms with E-state index < -0.39 is 5.60 Å². The van der Waals surface area contributed by atoms with Crippen LogP contribution in [-0.4, -0.2) is 33.7 Å². The summed E-state index contributed by atoms with van der Waals surface area (Å²) in [5, 5.41) is 10.1. The van der Waals surface area contributed by atoms with Gasteiger partial charge < -0.3 is 9.52 Å². The molecule has 4 heteroatoms. The van der Waals surface area contributed by atoms with E-state index in [2.05, 4.69) is 9.88 Å². The van der Waals surface area contributed by atoms with E-state index in [-0.39, 0.29) is 0 Å². The van der Waals surface area contributed by atoms with E-state index in [4.69, 9.17) is 4.42 Å². The van der Waals surface area contributed by atoms with Crippen molar-refractivity contribution in [2.75, 3.05) is 13.1 Å². The van der Waals surface area contributed by atoms with Crippen LogP contribution in [0.15, 0.2) is 28.7 Å². The van der Waals surface area contributed by atoms with Gasteiger partial charge in [-0.1, -0.05) is 12.1 Å². The molecular formula is C14H18N2O2. The quantitative estimate of drug-likeness (QED) is 0.882. The Labute approximate surface area is 106 Å². The molecule has 1 unspecified atom stereocenters. The second-order valence-corrected chi connectivity index (χ2v) is 5.39. The first-order chi connectivity index (χ1) is 8.62. The van der Waals surface area contributed by atoms with Gasteiger partial charge in [-0.15, -0.1) is 0 Å². The largest absolute Gasteiger partial charge is 0.439 e. The molecule has 1 aliphatic rings. The van der Waals surface area contributed by atoms with E-state index in [0.29, 0.717) is 13.1 Å². The van der Waals surface area contributed by atoms with Crippen LogP contribution < -0.4 is 0 Å². The van der Waals surface area contributed by atoms with Crippen LogP contribution in [0.2, 0.25) is 0 Å². The summed E-state index contributed by atoms with van der Waals surface area (Å²) in [6.45, 7) is 4.25. The lowest BCUT2D eigenvalue weighted by Crippen LogP contribution is -2.45. The summed E-state index contributed by atoms with van der Waals surface area (Å²) in [6, 6.07) is 7.79. The number of benzene rings is 1. The smallest absolute Gasteiger partial charge is 0.209 e. The van der Waals surface area contributed by atoms with Crippen LogP contribution in [-0.2, 0) is 6.54 Å². The second kappa shape index (κ2) is 4.37. The minimum atomic E-state index is -0.579. The lowest BCUT2D eigenvalue weighted by atomic mass is 9.95. The highest BCUT2D eigenvalue weighted by atomic mass is 16.3. The van der Waals surface area contributed by atoms with E-state index >= 15 is 0 Å². The molecule has 1 fully saturated rings. The van der Waals surface area contributed by atoms with E-state index in [1.165, 1.54) is 0 Å². The Bertz CT molecular complexity index is 514. The molecule has 18 heavy (non-hydrogen) atoms. The Balaban J connectivity index is 1.76. The molecule has 0 amide bonds. The SMILES string of the molecule is CC1(O)CCCN(Cc2nc3ccccc3o2)C1. The Kier molecular flexibility index (Phi) is 2.84. The van der Waals surface area contributed by atoms with E-state index in [1.807, 2.05) is 31.2 Å². The number of para-hydroxylation sites is 2. The standard InChI is InChI=1S/C14H18N2O2/c1-14(17)7-4-8-16(10-14)9-13-15-11-5-2-3-6-12(11)18-13/h2-3,5-6,17H,4,7-10H2,1H3. The maximum absolute atomic E-state index is 10.1. The predicted molar refractivity (Wildman–Crippen MR) is 69.1 cm³/mol. The molecule has 0 saturated carbocycles. The highest BCUT2D eigenvalue weighted by Gasteiger charge is 2.28. The fraction of sp³-hybridized carbons (Fsp3) is 0.500. The van der Waals surface area contributed by atoms with E-state index in [0.717, 1.165) is 36.4 Å². The maximum Gasteiger partial charge on any atom is 0.209 e. The first kappa shape index (κ1) is 11.7. The molecule has 0 aliphatic carbocycles. The third-order valence-electron chi connectivity index (χ3n) is 3.45. The number of oxazole rings is 1. The van der Waals surface area contributed by atoms with Crippen LogP contribution in [0.5, 0.6) is 0 Å². The monoisotopic (exact) mass is 246 g/mol. The van der Waals surface area contributed by atoms with Gasteiger partial charge in [-0.25, -0.2) is 4.98 Å². The number of aromatic nitrogens is 1. The lowest BCUT2D eigenvalue weighted by Gasteiger charge is -2.36. The van der Waals surface area contributed by atoms with Crippen LogP contribution >= 0.6 is 0 Å². The van der Waals surface area contributed by atoms with Gasteiger partial charge in [-0.05, 0) is 38.4 Å². The minimum absolute atomic E-state index is 0.579. The summed E-state index contributed by atoms with van der Waals surface area (Å²) in [7, 11) is 0. The van der Waals surface area contributed by atoms with Gasteiger partial charge in [-0.3, -0.25) is 4.90 Å². The van der Waals surface area contributed by atoms with Crippen molar-refractivity contribution in [3.63, 3.8) is 0 Å². The fourth-order valence-corrected chi connectivity index (χ4v) is 2.64. The molecule has 0 radical (unpaired) electrons. The van der Waals surface area contributed by atoms with Crippen LogP contribution in [0.1, 0.15) is 25.7 Å². The van der Waals surface area contributed by atoms with Gasteiger partial charge in [-0.2, -0.15) is 0 Å². The lowest BCUT2D eigenvalue weighted by molar-refractivity contribution is -0.0201. The third-order valence-corrected chi connectivity index (χ3v) is 3.45. The first-order valence-corrected chi connectivity index (χ1v) is 6.42. The number of aliphatic hydroxyl groups is 1. The number of fused-ring (bicyclic) bond motifs is 1. The van der Waals surface area contributed by atoms with Gasteiger partial charge in [0.1, 0.15) is 5.52 Å². The summed E-state index contributed by atoms with van der Waals surface area (Å²) in [5.41, 5.74) is 1.15. The summed E-state index contributed by atoms with van der Waals surface area (Å²) in [5.74, 6) is 0.730. The molecule has 1 atom stereocenters. The van der Waals surface area contributed by atoms with Gasteiger partial charge in [0.15, 0.2) is 5.58 Å². The van der Waals surface area contributed by atoms with Crippen molar-refractivity contribution < 1.29 is 9.52 Å². The molecule has 96 valence electrons. The molecule has 1 saturated heterocycles. The molecule has 0 spiro atoms. The molecular weight excluding hydrogens is 228 g/mol. The molecule has 2 heterocycles. The number of rotatable bonds is 2. The highest BCUT2D eigenvalue weighted by molar-refractivity contribution is 5.72. The van der Waals surface area contributed by atoms with Crippen molar-refractivity contribution in [3.8, 4) is 0 Å². The average Bonchev–Trinajstić information content (AvgIpc) is 2.69. The van der Waals surface area contributed by atoms with E-state index in [1.54, 1.807) is 0 Å². The fourth-order valence-electron chi connectivity index (χ4n) is 2.64. The van der Waals surface area contributed by atoms with Crippen LogP contribution in [0, 0.1) is 0 Å². The zero-order chi connectivity index (χ0) is 12.6. The van der Waals surface area contributed by atoms with Gasteiger partial charge in [0.2, 0.25) is 5.89 Å².